The zero-order chi connectivity index (χ0) is 27.5. The Balaban J connectivity index is 1.85. The number of hydrogen-bond acceptors (Lipinski definition) is 8. The van der Waals surface area contributed by atoms with Gasteiger partial charge in [-0.05, 0) is 86.8 Å². The number of ether oxygens (including phenoxy) is 1. The number of hydrogen-bond donors (Lipinski definition) is 5. The van der Waals surface area contributed by atoms with E-state index in [2.05, 4.69) is 0 Å². The van der Waals surface area contributed by atoms with Gasteiger partial charge in [0.05, 0.1) is 6.61 Å². The standard InChI is InChI=1S/C26H35Cl3O7S/c1-15(27)21(17(12-30)6-5-16-9-18(28)11-19(29)10-16)4-2-3-20-7-8-24(37-20)26(35)36-14-23(33)25(34)22(32)13-31/h7-11,15,17,21-23,25,30-34H,2-6,12-14H2,1H3. The number of halogens is 3. The molecule has 7 nitrogen and oxygen atoms in total. The molecule has 0 saturated carbocycles. The van der Waals surface area contributed by atoms with Crippen LogP contribution in [0, 0.1) is 11.8 Å². The molecular weight excluding hydrogens is 563 g/mol. The lowest BCUT2D eigenvalue weighted by molar-refractivity contribution is -0.0925. The van der Waals surface area contributed by atoms with Crippen molar-refractivity contribution in [3.8, 4) is 0 Å². The molecule has 1 aromatic carbocycles. The summed E-state index contributed by atoms with van der Waals surface area (Å²) in [7, 11) is 0. The first-order valence-electron chi connectivity index (χ1n) is 12.2. The summed E-state index contributed by atoms with van der Waals surface area (Å²) in [6.45, 7) is 0.735. The normalized spacial score (nSPS) is 16.6. The highest BCUT2D eigenvalue weighted by molar-refractivity contribution is 7.13. The molecule has 11 heteroatoms. The van der Waals surface area contributed by atoms with Crippen LogP contribution in [-0.4, -0.2) is 75.0 Å². The van der Waals surface area contributed by atoms with Crippen molar-refractivity contribution in [2.75, 3.05) is 19.8 Å². The number of alkyl halides is 1. The molecule has 0 fully saturated rings. The number of rotatable bonds is 16. The van der Waals surface area contributed by atoms with Crippen LogP contribution in [0.4, 0.5) is 0 Å². The second-order valence-electron chi connectivity index (χ2n) is 9.16. The molecule has 2 aromatic rings. The number of aliphatic hydroxyl groups is 5. The Kier molecular flexibility index (Phi) is 14.2. The molecule has 0 saturated heterocycles. The lowest BCUT2D eigenvalue weighted by atomic mass is 9.82. The predicted octanol–water partition coefficient (Wildman–Crippen LogP) is 4.09. The van der Waals surface area contributed by atoms with Crippen LogP contribution in [0.25, 0.3) is 0 Å². The number of esters is 1. The van der Waals surface area contributed by atoms with Crippen molar-refractivity contribution >= 4 is 52.1 Å². The summed E-state index contributed by atoms with van der Waals surface area (Å²) in [6, 6.07) is 8.92. The molecule has 0 aliphatic rings. The number of carbonyl (C=O) groups excluding carboxylic acids is 1. The Labute approximate surface area is 236 Å². The number of carbonyl (C=O) groups is 1. The largest absolute Gasteiger partial charge is 0.459 e. The maximum atomic E-state index is 12.3. The quantitative estimate of drug-likeness (QED) is 0.146. The lowest BCUT2D eigenvalue weighted by Crippen LogP contribution is -2.42. The first-order chi connectivity index (χ1) is 17.5. The average Bonchev–Trinajstić information content (AvgIpc) is 3.33. The van der Waals surface area contributed by atoms with Gasteiger partial charge in [-0.3, -0.25) is 0 Å². The van der Waals surface area contributed by atoms with E-state index in [0.29, 0.717) is 14.9 Å². The maximum Gasteiger partial charge on any atom is 0.348 e. The van der Waals surface area contributed by atoms with Gasteiger partial charge in [-0.15, -0.1) is 22.9 Å². The summed E-state index contributed by atoms with van der Waals surface area (Å²) in [5.74, 6) is -0.520. The van der Waals surface area contributed by atoms with Gasteiger partial charge in [-0.1, -0.05) is 23.2 Å². The molecule has 5 N–H and O–H groups in total. The average molecular weight is 598 g/mol. The minimum absolute atomic E-state index is 0.0188. The summed E-state index contributed by atoms with van der Waals surface area (Å²) in [6.07, 6.45) is -0.838. The fourth-order valence-electron chi connectivity index (χ4n) is 4.22. The third-order valence-electron chi connectivity index (χ3n) is 6.34. The van der Waals surface area contributed by atoms with Gasteiger partial charge in [-0.25, -0.2) is 4.79 Å². The van der Waals surface area contributed by atoms with Gasteiger partial charge in [0.1, 0.15) is 29.8 Å². The van der Waals surface area contributed by atoms with Gasteiger partial charge < -0.3 is 30.3 Å². The molecule has 0 spiro atoms. The maximum absolute atomic E-state index is 12.3. The first kappa shape index (κ1) is 32.3. The summed E-state index contributed by atoms with van der Waals surface area (Å²) >= 11 is 20.0. The van der Waals surface area contributed by atoms with E-state index in [9.17, 15) is 25.2 Å². The molecule has 37 heavy (non-hydrogen) atoms. The molecule has 0 bridgehead atoms. The molecule has 0 radical (unpaired) electrons. The minimum Gasteiger partial charge on any atom is -0.459 e. The fourth-order valence-corrected chi connectivity index (χ4v) is 6.06. The molecule has 6 atom stereocenters. The Hall–Kier alpha value is -0.940. The number of benzene rings is 1. The SMILES string of the molecule is CC(Cl)C(CCCc1ccc(C(=O)OCC(O)C(O)C(O)CO)s1)C(CO)CCc1cc(Cl)cc(Cl)c1. The van der Waals surface area contributed by atoms with Crippen LogP contribution in [-0.2, 0) is 17.6 Å². The molecule has 2 rings (SSSR count). The fraction of sp³-hybridized carbons (Fsp3) is 0.577. The molecule has 0 aliphatic carbocycles. The van der Waals surface area contributed by atoms with Crippen molar-refractivity contribution in [2.45, 2.75) is 62.7 Å². The molecular formula is C26H35Cl3O7S. The van der Waals surface area contributed by atoms with Crippen molar-refractivity contribution < 1.29 is 35.1 Å². The van der Waals surface area contributed by atoms with Crippen molar-refractivity contribution in [3.05, 3.63) is 55.7 Å². The smallest absolute Gasteiger partial charge is 0.348 e. The second-order valence-corrected chi connectivity index (χ2v) is 11.9. The Bertz CT molecular complexity index is 951. The highest BCUT2D eigenvalue weighted by Crippen LogP contribution is 2.31. The zero-order valence-corrected chi connectivity index (χ0v) is 23.7. The molecule has 208 valence electrons. The second kappa shape index (κ2) is 16.2. The van der Waals surface area contributed by atoms with Gasteiger partial charge >= 0.3 is 5.97 Å². The van der Waals surface area contributed by atoms with Crippen LogP contribution < -0.4 is 0 Å². The molecule has 0 amide bonds. The Morgan fingerprint density at radius 1 is 0.973 bits per heavy atom. The van der Waals surface area contributed by atoms with E-state index < -0.39 is 37.5 Å². The van der Waals surface area contributed by atoms with Crippen LogP contribution in [0.5, 0.6) is 0 Å². The number of aliphatic hydroxyl groups excluding tert-OH is 5. The van der Waals surface area contributed by atoms with Crippen LogP contribution in [0.3, 0.4) is 0 Å². The van der Waals surface area contributed by atoms with Crippen molar-refractivity contribution in [1.82, 2.24) is 0 Å². The summed E-state index contributed by atoms with van der Waals surface area (Å²) in [5, 5.41) is 48.7. The van der Waals surface area contributed by atoms with E-state index in [-0.39, 0.29) is 23.8 Å². The third-order valence-corrected chi connectivity index (χ3v) is 8.23. The van der Waals surface area contributed by atoms with Gasteiger partial charge in [-0.2, -0.15) is 0 Å². The van der Waals surface area contributed by atoms with Crippen LogP contribution in [0.15, 0.2) is 30.3 Å². The van der Waals surface area contributed by atoms with Crippen molar-refractivity contribution in [3.63, 3.8) is 0 Å². The molecule has 1 heterocycles. The highest BCUT2D eigenvalue weighted by atomic mass is 35.5. The predicted molar refractivity (Wildman–Crippen MR) is 147 cm³/mol. The zero-order valence-electron chi connectivity index (χ0n) is 20.6. The van der Waals surface area contributed by atoms with E-state index in [4.69, 9.17) is 44.6 Å². The first-order valence-corrected chi connectivity index (χ1v) is 14.2. The lowest BCUT2D eigenvalue weighted by Gasteiger charge is -2.28. The molecule has 1 aromatic heterocycles. The Morgan fingerprint density at radius 2 is 1.65 bits per heavy atom. The van der Waals surface area contributed by atoms with Gasteiger partial charge in [0.2, 0.25) is 0 Å². The topological polar surface area (TPSA) is 127 Å². The van der Waals surface area contributed by atoms with Crippen molar-refractivity contribution in [2.24, 2.45) is 11.8 Å². The van der Waals surface area contributed by atoms with Gasteiger partial charge in [0, 0.05) is 26.9 Å². The minimum atomic E-state index is -1.62. The van der Waals surface area contributed by atoms with Crippen LogP contribution in [0.1, 0.15) is 46.3 Å². The van der Waals surface area contributed by atoms with E-state index in [0.717, 1.165) is 42.5 Å². The van der Waals surface area contributed by atoms with E-state index >= 15 is 0 Å². The summed E-state index contributed by atoms with van der Waals surface area (Å²) in [4.78, 5) is 13.6. The Morgan fingerprint density at radius 3 is 2.24 bits per heavy atom. The van der Waals surface area contributed by atoms with Crippen LogP contribution in [0.2, 0.25) is 10.0 Å². The van der Waals surface area contributed by atoms with E-state index in [1.165, 1.54) is 11.3 Å². The number of aryl methyl sites for hydroxylation is 2. The van der Waals surface area contributed by atoms with Gasteiger partial charge in [0.15, 0.2) is 0 Å². The molecule has 0 aliphatic heterocycles. The van der Waals surface area contributed by atoms with Crippen LogP contribution >= 0.6 is 46.1 Å². The highest BCUT2D eigenvalue weighted by Gasteiger charge is 2.27. The van der Waals surface area contributed by atoms with E-state index in [1.807, 2.05) is 25.1 Å². The van der Waals surface area contributed by atoms with Crippen molar-refractivity contribution in [1.29, 1.82) is 0 Å². The summed E-state index contributed by atoms with van der Waals surface area (Å²) in [5.41, 5.74) is 1.02. The van der Waals surface area contributed by atoms with Gasteiger partial charge in [0.25, 0.3) is 0 Å². The molecule has 6 unspecified atom stereocenters. The number of thiophene rings is 1. The summed E-state index contributed by atoms with van der Waals surface area (Å²) < 4.78 is 5.02. The van der Waals surface area contributed by atoms with E-state index in [1.54, 1.807) is 12.1 Å². The monoisotopic (exact) mass is 596 g/mol. The third kappa shape index (κ3) is 10.6.